The van der Waals surface area contributed by atoms with Crippen molar-refractivity contribution >= 4 is 27.7 Å². The summed E-state index contributed by atoms with van der Waals surface area (Å²) in [7, 11) is -2.17. The summed E-state index contributed by atoms with van der Waals surface area (Å²) in [5.41, 5.74) is 0. The molecular formula is C11H17N5O5S. The van der Waals surface area contributed by atoms with Crippen molar-refractivity contribution in [3.63, 3.8) is 0 Å². The first kappa shape index (κ1) is 16.2. The predicted molar refractivity (Wildman–Crippen MR) is 75.2 cm³/mol. The van der Waals surface area contributed by atoms with Crippen LogP contribution in [0.15, 0.2) is 6.20 Å². The fraction of sp³-hybridized carbons (Fsp3) is 0.636. The van der Waals surface area contributed by atoms with Crippen LogP contribution >= 0.6 is 0 Å². The maximum atomic E-state index is 12.2. The van der Waals surface area contributed by atoms with Crippen molar-refractivity contribution in [1.82, 2.24) is 19.9 Å². The van der Waals surface area contributed by atoms with Gasteiger partial charge in [-0.1, -0.05) is 0 Å². The highest BCUT2D eigenvalue weighted by molar-refractivity contribution is 7.92. The third kappa shape index (κ3) is 3.93. The molecule has 0 aliphatic carbocycles. The fourth-order valence-corrected chi connectivity index (χ4v) is 2.74. The molecule has 122 valence electrons. The number of hydrogen-bond acceptors (Lipinski definition) is 7. The molecule has 10 nitrogen and oxygen atoms in total. The number of hydrogen-bond donors (Lipinski definition) is 1. The van der Waals surface area contributed by atoms with Crippen LogP contribution in [0.3, 0.4) is 0 Å². The van der Waals surface area contributed by atoms with Crippen molar-refractivity contribution in [2.24, 2.45) is 0 Å². The molecule has 1 aliphatic heterocycles. The number of nitrogens with one attached hydrogen (secondary N) is 1. The van der Waals surface area contributed by atoms with Crippen molar-refractivity contribution in [2.75, 3.05) is 24.6 Å². The number of likely N-dealkylation sites (tertiary alicyclic amines) is 1. The minimum absolute atomic E-state index is 0.0289. The van der Waals surface area contributed by atoms with Crippen molar-refractivity contribution in [3.8, 4) is 0 Å². The van der Waals surface area contributed by atoms with E-state index in [1.165, 1.54) is 18.2 Å². The number of ether oxygens (including phenoxy) is 1. The number of nitrogens with zero attached hydrogens (tertiary/aromatic N) is 4. The van der Waals surface area contributed by atoms with Crippen LogP contribution in [0.4, 0.5) is 5.82 Å². The zero-order valence-electron chi connectivity index (χ0n) is 12.2. The molecule has 0 spiro atoms. The summed E-state index contributed by atoms with van der Waals surface area (Å²) in [4.78, 5) is 26.3. The molecule has 0 bridgehead atoms. The largest absolute Gasteiger partial charge is 0.467 e. The van der Waals surface area contributed by atoms with Gasteiger partial charge in [0.25, 0.3) is 0 Å². The van der Waals surface area contributed by atoms with Crippen molar-refractivity contribution < 1.29 is 22.7 Å². The topological polar surface area (TPSA) is 123 Å². The van der Waals surface area contributed by atoms with Gasteiger partial charge in [-0.25, -0.2) is 13.2 Å². The van der Waals surface area contributed by atoms with E-state index in [1.54, 1.807) is 0 Å². The Bertz CT molecular complexity index is 670. The van der Waals surface area contributed by atoms with Gasteiger partial charge in [-0.2, -0.15) is 9.90 Å². The Morgan fingerprint density at radius 3 is 2.86 bits per heavy atom. The maximum absolute atomic E-state index is 12.2. The van der Waals surface area contributed by atoms with E-state index in [9.17, 15) is 18.0 Å². The summed E-state index contributed by atoms with van der Waals surface area (Å²) < 4.78 is 29.0. The Hall–Kier alpha value is -2.17. The molecule has 1 saturated heterocycles. The first-order valence-corrected chi connectivity index (χ1v) is 8.44. The lowest BCUT2D eigenvalue weighted by Gasteiger charge is -2.22. The number of sulfonamides is 1. The van der Waals surface area contributed by atoms with E-state index in [4.69, 9.17) is 0 Å². The van der Waals surface area contributed by atoms with E-state index in [0.29, 0.717) is 13.0 Å². The van der Waals surface area contributed by atoms with Crippen LogP contribution in [-0.4, -0.2) is 66.1 Å². The molecule has 1 unspecified atom stereocenters. The summed E-state index contributed by atoms with van der Waals surface area (Å²) >= 11 is 0. The molecule has 1 atom stereocenters. The lowest BCUT2D eigenvalue weighted by atomic mass is 10.2. The minimum atomic E-state index is -3.45. The third-order valence-corrected chi connectivity index (χ3v) is 3.73. The van der Waals surface area contributed by atoms with Crippen molar-refractivity contribution in [1.29, 1.82) is 0 Å². The fourth-order valence-electron chi connectivity index (χ4n) is 2.27. The number of amides is 1. The summed E-state index contributed by atoms with van der Waals surface area (Å²) in [5.74, 6) is -0.741. The Morgan fingerprint density at radius 2 is 2.23 bits per heavy atom. The van der Waals surface area contributed by atoms with E-state index in [-0.39, 0.29) is 18.3 Å². The minimum Gasteiger partial charge on any atom is -0.467 e. The Labute approximate surface area is 127 Å². The third-order valence-electron chi connectivity index (χ3n) is 3.15. The van der Waals surface area contributed by atoms with Crippen LogP contribution in [-0.2, 0) is 30.9 Å². The van der Waals surface area contributed by atoms with Gasteiger partial charge in [0.1, 0.15) is 12.6 Å². The van der Waals surface area contributed by atoms with Crippen molar-refractivity contribution in [2.45, 2.75) is 25.4 Å². The molecule has 0 aromatic carbocycles. The Balaban J connectivity index is 2.01. The summed E-state index contributed by atoms with van der Waals surface area (Å²) in [6, 6.07) is -0.582. The molecule has 22 heavy (non-hydrogen) atoms. The number of anilines is 1. The molecule has 11 heteroatoms. The average molecular weight is 331 g/mol. The van der Waals surface area contributed by atoms with Gasteiger partial charge in [-0.05, 0) is 12.8 Å². The summed E-state index contributed by atoms with van der Waals surface area (Å²) in [6.07, 6.45) is 3.48. The molecule has 1 amide bonds. The van der Waals surface area contributed by atoms with E-state index >= 15 is 0 Å². The van der Waals surface area contributed by atoms with Crippen LogP contribution in [0.5, 0.6) is 0 Å². The quantitative estimate of drug-likeness (QED) is 0.673. The van der Waals surface area contributed by atoms with Gasteiger partial charge < -0.3 is 9.64 Å². The lowest BCUT2D eigenvalue weighted by Crippen LogP contribution is -2.42. The van der Waals surface area contributed by atoms with Gasteiger partial charge in [0.2, 0.25) is 15.9 Å². The van der Waals surface area contributed by atoms with E-state index in [1.807, 2.05) is 0 Å². The molecule has 2 heterocycles. The smallest absolute Gasteiger partial charge is 0.328 e. The van der Waals surface area contributed by atoms with Crippen molar-refractivity contribution in [3.05, 3.63) is 6.20 Å². The zero-order chi connectivity index (χ0) is 16.3. The molecular weight excluding hydrogens is 314 g/mol. The Morgan fingerprint density at radius 1 is 1.50 bits per heavy atom. The first-order chi connectivity index (χ1) is 10.3. The zero-order valence-corrected chi connectivity index (χ0v) is 13.0. The lowest BCUT2D eigenvalue weighted by molar-refractivity contribution is -0.151. The summed E-state index contributed by atoms with van der Waals surface area (Å²) in [5, 5.41) is 7.67. The molecule has 1 fully saturated rings. The second-order valence-corrected chi connectivity index (χ2v) is 6.65. The van der Waals surface area contributed by atoms with Gasteiger partial charge in [0, 0.05) is 6.54 Å². The van der Waals surface area contributed by atoms with E-state index in [2.05, 4.69) is 19.7 Å². The van der Waals surface area contributed by atoms with Crippen LogP contribution in [0.1, 0.15) is 12.8 Å². The molecule has 1 aromatic rings. The molecule has 0 saturated carbocycles. The molecule has 1 aromatic heterocycles. The van der Waals surface area contributed by atoms with Gasteiger partial charge >= 0.3 is 5.97 Å². The predicted octanol–water partition coefficient (Wildman–Crippen LogP) is -1.19. The van der Waals surface area contributed by atoms with Gasteiger partial charge in [0.15, 0.2) is 5.82 Å². The number of carbonyl (C=O) groups is 2. The number of methoxy groups -OCH3 is 1. The number of rotatable bonds is 5. The standard InChI is InChI=1S/C11H17N5O5S/c1-21-11(18)8-4-3-5-15(8)10(17)7-16-12-6-9(13-16)14-22(2,19)20/h6,8H,3-5,7H2,1-2H3,(H,13,14). The molecule has 2 rings (SSSR count). The molecule has 1 aliphatic rings. The SMILES string of the molecule is COC(=O)C1CCCN1C(=O)Cn1ncc(NS(C)(=O)=O)n1. The van der Waals surface area contributed by atoms with E-state index < -0.39 is 22.0 Å². The van der Waals surface area contributed by atoms with E-state index in [0.717, 1.165) is 17.5 Å². The van der Waals surface area contributed by atoms with Crippen LogP contribution in [0.2, 0.25) is 0 Å². The molecule has 0 radical (unpaired) electrons. The highest BCUT2D eigenvalue weighted by Crippen LogP contribution is 2.18. The van der Waals surface area contributed by atoms with Gasteiger partial charge in [-0.15, -0.1) is 5.10 Å². The molecule has 1 N–H and O–H groups in total. The average Bonchev–Trinajstić information content (AvgIpc) is 3.05. The second-order valence-electron chi connectivity index (χ2n) is 4.90. The second kappa shape index (κ2) is 6.30. The highest BCUT2D eigenvalue weighted by atomic mass is 32.2. The van der Waals surface area contributed by atoms with Gasteiger partial charge in [-0.3, -0.25) is 9.52 Å². The Kier molecular flexibility index (Phi) is 4.64. The van der Waals surface area contributed by atoms with Crippen LogP contribution in [0.25, 0.3) is 0 Å². The number of carbonyl (C=O) groups excluding carboxylic acids is 2. The first-order valence-electron chi connectivity index (χ1n) is 6.55. The monoisotopic (exact) mass is 331 g/mol. The summed E-state index contributed by atoms with van der Waals surface area (Å²) in [6.45, 7) is 0.285. The normalized spacial score (nSPS) is 18.3. The maximum Gasteiger partial charge on any atom is 0.328 e. The van der Waals surface area contributed by atoms with Crippen LogP contribution in [0, 0.1) is 0 Å². The highest BCUT2D eigenvalue weighted by Gasteiger charge is 2.34. The number of esters is 1. The number of aromatic nitrogens is 3. The van der Waals surface area contributed by atoms with Crippen LogP contribution < -0.4 is 4.72 Å². The van der Waals surface area contributed by atoms with Gasteiger partial charge in [0.05, 0.1) is 19.6 Å².